The van der Waals surface area contributed by atoms with Gasteiger partial charge in [0.2, 0.25) is 0 Å². The molecule has 10 nitrogen and oxygen atoms in total. The van der Waals surface area contributed by atoms with Crippen LogP contribution in [0.25, 0.3) is 0 Å². The predicted octanol–water partition coefficient (Wildman–Crippen LogP) is 4.26. The van der Waals surface area contributed by atoms with Gasteiger partial charge < -0.3 is 29.6 Å². The zero-order chi connectivity index (χ0) is 27.9. The molecule has 1 aliphatic carbocycles. The normalized spacial score (nSPS) is 16.9. The molecule has 4 N–H and O–H groups in total. The van der Waals surface area contributed by atoms with Gasteiger partial charge in [0.1, 0.15) is 41.2 Å². The van der Waals surface area contributed by atoms with Crippen molar-refractivity contribution in [2.45, 2.75) is 51.0 Å². The lowest BCUT2D eigenvalue weighted by molar-refractivity contribution is 0.209. The quantitative estimate of drug-likeness (QED) is 0.269. The lowest BCUT2D eigenvalue weighted by Gasteiger charge is -2.35. The largest absolute Gasteiger partial charge is 0.497 e. The van der Waals surface area contributed by atoms with Crippen molar-refractivity contribution in [2.24, 2.45) is 5.84 Å². The Kier molecular flexibility index (Phi) is 9.13. The van der Waals surface area contributed by atoms with E-state index in [0.29, 0.717) is 60.6 Å². The smallest absolute Gasteiger partial charge is 0.171 e. The van der Waals surface area contributed by atoms with Crippen molar-refractivity contribution >= 4 is 17.3 Å². The Morgan fingerprint density at radius 1 is 0.821 bits per heavy atom. The Morgan fingerprint density at radius 3 is 1.87 bits per heavy atom. The van der Waals surface area contributed by atoms with Gasteiger partial charge in [0.15, 0.2) is 11.6 Å². The molecule has 1 heterocycles. The van der Waals surface area contributed by atoms with Gasteiger partial charge in [0.25, 0.3) is 0 Å². The number of ether oxygens (including phenoxy) is 4. The number of hydrogen-bond acceptors (Lipinski definition) is 10. The molecule has 11 heteroatoms. The molecule has 1 aromatic heterocycles. The number of aromatic nitrogens is 2. The first-order chi connectivity index (χ1) is 18.9. The molecular weight excluding hydrogens is 503 g/mol. The molecule has 1 fully saturated rings. The van der Waals surface area contributed by atoms with E-state index in [0.717, 1.165) is 24.0 Å². The Morgan fingerprint density at radius 2 is 1.36 bits per heavy atom. The lowest BCUT2D eigenvalue weighted by atomic mass is 9.93. The van der Waals surface area contributed by atoms with Gasteiger partial charge >= 0.3 is 0 Å². The zero-order valence-electron chi connectivity index (χ0n) is 22.9. The van der Waals surface area contributed by atoms with E-state index in [1.807, 2.05) is 41.3 Å². The van der Waals surface area contributed by atoms with E-state index >= 15 is 0 Å². The van der Waals surface area contributed by atoms with Crippen LogP contribution in [0.5, 0.6) is 23.0 Å². The Balaban J connectivity index is 1.75. The number of hydrazine groups is 1. The highest BCUT2D eigenvalue weighted by atomic mass is 19.1. The number of hydrogen-bond donors (Lipinski definition) is 2. The number of nitrogen functional groups attached to an aromatic ring is 1. The summed E-state index contributed by atoms with van der Waals surface area (Å²) in [4.78, 5) is 10.9. The topological polar surface area (TPSA) is 121 Å². The number of nitrogens with two attached hydrogens (primary N) is 2. The van der Waals surface area contributed by atoms with Crippen molar-refractivity contribution in [3.8, 4) is 23.0 Å². The summed E-state index contributed by atoms with van der Waals surface area (Å²) in [5, 5.41) is 1.37. The van der Waals surface area contributed by atoms with Crippen LogP contribution >= 0.6 is 0 Å². The summed E-state index contributed by atoms with van der Waals surface area (Å²) in [6, 6.07) is 10.7. The number of anilines is 3. The molecule has 1 aliphatic rings. The molecule has 39 heavy (non-hydrogen) atoms. The molecule has 0 saturated heterocycles. The first kappa shape index (κ1) is 28.0. The molecule has 210 valence electrons. The summed E-state index contributed by atoms with van der Waals surface area (Å²) in [5.41, 5.74) is 8.69. The molecule has 3 aromatic rings. The van der Waals surface area contributed by atoms with Crippen molar-refractivity contribution in [1.29, 1.82) is 0 Å². The Bertz CT molecular complexity index is 1210. The summed E-state index contributed by atoms with van der Waals surface area (Å²) in [5.74, 6) is 9.83. The van der Waals surface area contributed by atoms with Gasteiger partial charge in [0, 0.05) is 36.3 Å². The number of methoxy groups -OCH3 is 4. The number of benzene rings is 2. The number of rotatable bonds is 11. The monoisotopic (exact) mass is 540 g/mol. The summed E-state index contributed by atoms with van der Waals surface area (Å²) in [7, 11) is 6.42. The van der Waals surface area contributed by atoms with Crippen LogP contribution in [-0.2, 0) is 13.1 Å². The van der Waals surface area contributed by atoms with Crippen molar-refractivity contribution in [2.75, 3.05) is 44.1 Å². The summed E-state index contributed by atoms with van der Waals surface area (Å²) >= 11 is 0. The van der Waals surface area contributed by atoms with Crippen LogP contribution in [0.15, 0.2) is 42.7 Å². The fourth-order valence-corrected chi connectivity index (χ4v) is 4.95. The maximum Gasteiger partial charge on any atom is 0.171 e. The van der Waals surface area contributed by atoms with E-state index in [4.69, 9.17) is 30.5 Å². The maximum absolute atomic E-state index is 14.8. The maximum atomic E-state index is 14.8. The minimum Gasteiger partial charge on any atom is -0.497 e. The zero-order valence-corrected chi connectivity index (χ0v) is 22.9. The highest BCUT2D eigenvalue weighted by Crippen LogP contribution is 2.36. The van der Waals surface area contributed by atoms with Gasteiger partial charge in [0.05, 0.1) is 34.5 Å². The fraction of sp³-hybridized carbons (Fsp3) is 0.429. The summed E-state index contributed by atoms with van der Waals surface area (Å²) < 4.78 is 36.8. The van der Waals surface area contributed by atoms with Gasteiger partial charge in [-0.15, -0.1) is 0 Å². The van der Waals surface area contributed by atoms with Crippen molar-refractivity contribution in [3.63, 3.8) is 0 Å². The Labute approximate surface area is 228 Å². The van der Waals surface area contributed by atoms with Crippen LogP contribution in [0.1, 0.15) is 36.8 Å². The van der Waals surface area contributed by atoms with Crippen molar-refractivity contribution in [3.05, 3.63) is 53.9 Å². The molecular formula is C28H37FN6O4. The van der Waals surface area contributed by atoms with Crippen LogP contribution < -0.4 is 40.4 Å². The predicted molar refractivity (Wildman–Crippen MR) is 149 cm³/mol. The van der Waals surface area contributed by atoms with Crippen LogP contribution in [0, 0.1) is 0 Å². The minimum atomic E-state index is -1.05. The molecule has 2 atom stereocenters. The summed E-state index contributed by atoms with van der Waals surface area (Å²) in [6.45, 7) is 0.755. The first-order valence-corrected chi connectivity index (χ1v) is 12.8. The molecule has 0 amide bonds. The van der Waals surface area contributed by atoms with E-state index in [-0.39, 0.29) is 5.69 Å². The lowest BCUT2D eigenvalue weighted by Crippen LogP contribution is -2.49. The molecule has 2 unspecified atom stereocenters. The molecule has 0 radical (unpaired) electrons. The minimum absolute atomic E-state index is 0.262. The van der Waals surface area contributed by atoms with Gasteiger partial charge in [-0.2, -0.15) is 0 Å². The third kappa shape index (κ3) is 6.19. The fourth-order valence-electron chi connectivity index (χ4n) is 4.95. The summed E-state index contributed by atoms with van der Waals surface area (Å²) in [6.07, 6.45) is 3.20. The van der Waals surface area contributed by atoms with E-state index in [9.17, 15) is 4.39 Å². The van der Waals surface area contributed by atoms with Crippen LogP contribution in [0.2, 0.25) is 0 Å². The SMILES string of the molecule is COc1ccc(CN(Cc2ccc(OC)cc2OC)c2ncnc(N(N)C3CCCCC3F)c2N)c(OC)c1. The molecule has 2 aromatic carbocycles. The van der Waals surface area contributed by atoms with E-state index < -0.39 is 12.2 Å². The van der Waals surface area contributed by atoms with Crippen molar-refractivity contribution in [1.82, 2.24) is 9.97 Å². The van der Waals surface area contributed by atoms with E-state index in [2.05, 4.69) is 9.97 Å². The van der Waals surface area contributed by atoms with Crippen LogP contribution in [-0.4, -0.2) is 50.6 Å². The second-order valence-corrected chi connectivity index (χ2v) is 9.42. The average Bonchev–Trinajstić information content (AvgIpc) is 2.97. The van der Waals surface area contributed by atoms with Gasteiger partial charge in [-0.1, -0.05) is 12.8 Å². The third-order valence-electron chi connectivity index (χ3n) is 7.10. The molecule has 0 aliphatic heterocycles. The average molecular weight is 541 g/mol. The van der Waals surface area contributed by atoms with Gasteiger partial charge in [-0.25, -0.2) is 20.2 Å². The Hall–Kier alpha value is -3.99. The third-order valence-corrected chi connectivity index (χ3v) is 7.10. The number of halogens is 1. The first-order valence-electron chi connectivity index (χ1n) is 12.8. The second kappa shape index (κ2) is 12.7. The standard InChI is InChI=1S/C28H37FN6O4/c1-36-20-11-9-18(24(13-20)38-3)15-34(16-19-10-12-21(37-2)14-25(19)39-4)27-26(30)28(33-17-32-27)35(31)23-8-6-5-7-22(23)29/h9-14,17,22-23H,5-8,15-16,30-31H2,1-4H3. The van der Waals surface area contributed by atoms with Gasteiger partial charge in [-0.3, -0.25) is 5.01 Å². The van der Waals surface area contributed by atoms with E-state index in [1.165, 1.54) is 11.3 Å². The second-order valence-electron chi connectivity index (χ2n) is 9.42. The van der Waals surface area contributed by atoms with Crippen LogP contribution in [0.3, 0.4) is 0 Å². The molecule has 1 saturated carbocycles. The number of nitrogens with zero attached hydrogens (tertiary/aromatic N) is 4. The molecule has 0 spiro atoms. The number of alkyl halides is 1. The highest BCUT2D eigenvalue weighted by molar-refractivity contribution is 5.76. The van der Waals surface area contributed by atoms with Gasteiger partial charge in [-0.05, 0) is 37.1 Å². The van der Waals surface area contributed by atoms with Crippen molar-refractivity contribution < 1.29 is 23.3 Å². The molecule has 4 rings (SSSR count). The van der Waals surface area contributed by atoms with Crippen LogP contribution in [0.4, 0.5) is 21.7 Å². The van der Waals surface area contributed by atoms with E-state index in [1.54, 1.807) is 28.4 Å². The highest BCUT2D eigenvalue weighted by Gasteiger charge is 2.32. The molecule has 0 bridgehead atoms.